The Morgan fingerprint density at radius 3 is 1.57 bits per heavy atom. The first-order valence-corrected chi connectivity index (χ1v) is 3.14. The van der Waals surface area contributed by atoms with E-state index in [1.54, 1.807) is 24.3 Å². The third kappa shape index (κ3) is 2.27. The normalized spacial score (nSPS) is 11.4. The number of esters is 2. The van der Waals surface area contributed by atoms with Gasteiger partial charge in [-0.25, -0.2) is 9.59 Å². The molecule has 14 heavy (non-hydrogen) atoms. The summed E-state index contributed by atoms with van der Waals surface area (Å²) >= 11 is 0. The van der Waals surface area contributed by atoms with Crippen LogP contribution in [0.1, 0.15) is 20.7 Å². The van der Waals surface area contributed by atoms with Gasteiger partial charge < -0.3 is 15.7 Å². The Balaban J connectivity index is 0. The van der Waals surface area contributed by atoms with Crippen LogP contribution in [0.2, 0.25) is 0 Å². The molecule has 70 valence electrons. The average Bonchev–Trinajstić information content (AvgIpc) is 2.30. The van der Waals surface area contributed by atoms with E-state index in [9.17, 15) is 9.59 Å². The van der Waals surface area contributed by atoms with E-state index in [1.165, 1.54) is 0 Å². The predicted molar refractivity (Wildman–Crippen MR) is 37.6 cm³/mol. The molecule has 5 nitrogen and oxygen atoms in total. The van der Waals surface area contributed by atoms with Crippen molar-refractivity contribution in [3.63, 3.8) is 0 Å². The van der Waals surface area contributed by atoms with Crippen LogP contribution in [0, 0.1) is 0 Å². The SMILES string of the molecule is O=C1OC(=O)c2ccccc21.[O-2].[O-2].[Ti+4]. The van der Waals surface area contributed by atoms with Gasteiger partial charge in [0, 0.05) is 0 Å². The number of carbonyl (C=O) groups excluding carboxylic acids is 2. The summed E-state index contributed by atoms with van der Waals surface area (Å²) in [5.41, 5.74) is 0.718. The fraction of sp³-hybridized carbons (Fsp3) is 0. The Morgan fingerprint density at radius 2 is 1.21 bits per heavy atom. The first kappa shape index (κ1) is 15.5. The molecular formula is C8H4O5Ti. The maximum absolute atomic E-state index is 10.8. The molecule has 1 aliphatic heterocycles. The number of benzene rings is 1. The van der Waals surface area contributed by atoms with Crippen LogP contribution in [-0.2, 0) is 37.4 Å². The van der Waals surface area contributed by atoms with Crippen LogP contribution in [0.3, 0.4) is 0 Å². The van der Waals surface area contributed by atoms with E-state index in [0.717, 1.165) is 0 Å². The predicted octanol–water partition coefficient (Wildman–Crippen LogP) is 0.757. The van der Waals surface area contributed by atoms with Crippen LogP contribution in [0.4, 0.5) is 0 Å². The molecule has 2 rings (SSSR count). The molecule has 6 heteroatoms. The van der Waals surface area contributed by atoms with Gasteiger partial charge >= 0.3 is 33.7 Å². The van der Waals surface area contributed by atoms with E-state index in [0.29, 0.717) is 11.1 Å². The molecule has 0 N–H and O–H groups in total. The Morgan fingerprint density at radius 1 is 0.857 bits per heavy atom. The molecule has 0 aliphatic carbocycles. The minimum absolute atomic E-state index is 0. The number of ether oxygens (including phenoxy) is 1. The summed E-state index contributed by atoms with van der Waals surface area (Å²) in [6, 6.07) is 6.53. The van der Waals surface area contributed by atoms with Crippen molar-refractivity contribution in [1.29, 1.82) is 0 Å². The largest absolute Gasteiger partial charge is 4.00 e. The van der Waals surface area contributed by atoms with Gasteiger partial charge in [0.15, 0.2) is 0 Å². The number of rotatable bonds is 0. The molecular weight excluding hydrogens is 224 g/mol. The molecule has 0 aromatic heterocycles. The van der Waals surface area contributed by atoms with Crippen LogP contribution in [0.5, 0.6) is 0 Å². The Bertz CT molecular complexity index is 316. The molecule has 1 aliphatic rings. The summed E-state index contributed by atoms with van der Waals surface area (Å²) in [5.74, 6) is -1.10. The summed E-state index contributed by atoms with van der Waals surface area (Å²) in [6.07, 6.45) is 0. The summed E-state index contributed by atoms with van der Waals surface area (Å²) in [4.78, 5) is 21.7. The van der Waals surface area contributed by atoms with Gasteiger partial charge in [0.1, 0.15) is 0 Å². The summed E-state index contributed by atoms with van der Waals surface area (Å²) in [7, 11) is 0. The van der Waals surface area contributed by atoms with Crippen LogP contribution >= 0.6 is 0 Å². The fourth-order valence-electron chi connectivity index (χ4n) is 1.03. The van der Waals surface area contributed by atoms with Gasteiger partial charge in [-0.2, -0.15) is 0 Å². The average molecular weight is 228 g/mol. The maximum Gasteiger partial charge on any atom is 4.00 e. The quantitative estimate of drug-likeness (QED) is 0.372. The third-order valence-corrected chi connectivity index (χ3v) is 1.55. The molecule has 0 atom stereocenters. The van der Waals surface area contributed by atoms with Crippen molar-refractivity contribution >= 4 is 11.9 Å². The van der Waals surface area contributed by atoms with E-state index in [2.05, 4.69) is 4.74 Å². The van der Waals surface area contributed by atoms with Crippen molar-refractivity contribution in [2.24, 2.45) is 0 Å². The standard InChI is InChI=1S/C8H4O3.2O.Ti/c9-7-5-3-1-2-4-6(5)8(10)11-7;;;/h1-4H;;;/q;2*-2;+4. The smallest absolute Gasteiger partial charge is 2.00 e. The number of hydrogen-bond acceptors (Lipinski definition) is 3. The zero-order valence-corrected chi connectivity index (χ0v) is 8.41. The van der Waals surface area contributed by atoms with Gasteiger partial charge in [-0.05, 0) is 12.1 Å². The fourth-order valence-corrected chi connectivity index (χ4v) is 1.03. The van der Waals surface area contributed by atoms with Crippen LogP contribution in [0.15, 0.2) is 24.3 Å². The van der Waals surface area contributed by atoms with Crippen molar-refractivity contribution in [3.8, 4) is 0 Å². The van der Waals surface area contributed by atoms with E-state index in [4.69, 9.17) is 0 Å². The number of cyclic esters (lactones) is 2. The van der Waals surface area contributed by atoms with Crippen LogP contribution in [-0.4, -0.2) is 11.9 Å². The van der Waals surface area contributed by atoms with Gasteiger partial charge in [-0.15, -0.1) is 0 Å². The van der Waals surface area contributed by atoms with Gasteiger partial charge in [-0.3, -0.25) is 0 Å². The minimum Gasteiger partial charge on any atom is -2.00 e. The molecule has 0 amide bonds. The van der Waals surface area contributed by atoms with Crippen LogP contribution in [0.25, 0.3) is 0 Å². The molecule has 0 radical (unpaired) electrons. The number of hydrogen-bond donors (Lipinski definition) is 0. The topological polar surface area (TPSA) is 100 Å². The van der Waals surface area contributed by atoms with Crippen molar-refractivity contribution in [2.45, 2.75) is 0 Å². The van der Waals surface area contributed by atoms with Crippen molar-refractivity contribution < 1.29 is 47.0 Å². The third-order valence-electron chi connectivity index (χ3n) is 1.55. The second-order valence-electron chi connectivity index (χ2n) is 2.22. The second kappa shape index (κ2) is 5.67. The minimum atomic E-state index is -0.550. The van der Waals surface area contributed by atoms with Crippen molar-refractivity contribution in [2.75, 3.05) is 0 Å². The van der Waals surface area contributed by atoms with Crippen molar-refractivity contribution in [3.05, 3.63) is 35.4 Å². The van der Waals surface area contributed by atoms with Gasteiger partial charge in [0.05, 0.1) is 11.1 Å². The first-order chi connectivity index (χ1) is 5.29. The molecule has 0 spiro atoms. The first-order valence-electron chi connectivity index (χ1n) is 3.14. The van der Waals surface area contributed by atoms with Crippen LogP contribution < -0.4 is 0 Å². The second-order valence-corrected chi connectivity index (χ2v) is 2.22. The van der Waals surface area contributed by atoms with Crippen molar-refractivity contribution in [1.82, 2.24) is 0 Å². The number of fused-ring (bicyclic) bond motifs is 1. The van der Waals surface area contributed by atoms with E-state index in [-0.39, 0.29) is 32.7 Å². The summed E-state index contributed by atoms with van der Waals surface area (Å²) in [6.45, 7) is 0. The van der Waals surface area contributed by atoms with Gasteiger partial charge in [-0.1, -0.05) is 12.1 Å². The Labute approximate surface area is 94.6 Å². The molecule has 0 saturated carbocycles. The Kier molecular flexibility index (Phi) is 6.26. The molecule has 1 aromatic carbocycles. The molecule has 0 fully saturated rings. The summed E-state index contributed by atoms with van der Waals surface area (Å²) in [5, 5.41) is 0. The maximum atomic E-state index is 10.8. The molecule has 1 aromatic rings. The van der Waals surface area contributed by atoms with E-state index >= 15 is 0 Å². The van der Waals surface area contributed by atoms with Gasteiger partial charge in [0.25, 0.3) is 0 Å². The molecule has 1 heterocycles. The summed E-state index contributed by atoms with van der Waals surface area (Å²) < 4.78 is 4.35. The molecule has 0 unspecified atom stereocenters. The van der Waals surface area contributed by atoms with E-state index < -0.39 is 11.9 Å². The van der Waals surface area contributed by atoms with E-state index in [1.807, 2.05) is 0 Å². The van der Waals surface area contributed by atoms with Gasteiger partial charge in [0.2, 0.25) is 0 Å². The molecule has 0 saturated heterocycles. The monoisotopic (exact) mass is 228 g/mol. The zero-order valence-electron chi connectivity index (χ0n) is 6.85. The Hall–Kier alpha value is -1.01. The molecule has 0 bridgehead atoms. The number of carbonyl (C=O) groups is 2. The zero-order chi connectivity index (χ0) is 7.84.